The average molecular weight is 428 g/mol. The highest BCUT2D eigenvalue weighted by Crippen LogP contribution is 2.32. The van der Waals surface area contributed by atoms with Crippen molar-refractivity contribution in [1.29, 1.82) is 0 Å². The fraction of sp³-hybridized carbons (Fsp3) is 0.238. The molecule has 0 bridgehead atoms. The number of thiophene rings is 1. The maximum Gasteiger partial charge on any atom is 0.264 e. The van der Waals surface area contributed by atoms with Crippen molar-refractivity contribution < 1.29 is 4.79 Å². The van der Waals surface area contributed by atoms with Gasteiger partial charge in [0.25, 0.3) is 5.91 Å². The first-order chi connectivity index (χ1) is 13.7. The van der Waals surface area contributed by atoms with E-state index in [1.165, 1.54) is 0 Å². The van der Waals surface area contributed by atoms with E-state index in [0.717, 1.165) is 61.4 Å². The first kappa shape index (κ1) is 17.9. The van der Waals surface area contributed by atoms with E-state index in [4.69, 9.17) is 16.6 Å². The van der Waals surface area contributed by atoms with E-state index in [-0.39, 0.29) is 5.91 Å². The number of amides is 1. The summed E-state index contributed by atoms with van der Waals surface area (Å²) < 4.78 is 2.26. The second kappa shape index (κ2) is 7.35. The Hall–Kier alpha value is -2.15. The maximum atomic E-state index is 13.0. The zero-order valence-electron chi connectivity index (χ0n) is 15.1. The zero-order valence-corrected chi connectivity index (χ0v) is 17.5. The molecule has 1 aliphatic heterocycles. The topological polar surface area (TPSA) is 36.4 Å². The summed E-state index contributed by atoms with van der Waals surface area (Å²) >= 11 is 9.35. The van der Waals surface area contributed by atoms with E-state index < -0.39 is 0 Å². The molecule has 28 heavy (non-hydrogen) atoms. The van der Waals surface area contributed by atoms with Crippen LogP contribution in [0.2, 0.25) is 5.02 Å². The van der Waals surface area contributed by atoms with Crippen LogP contribution in [-0.2, 0) is 0 Å². The Labute approximate surface area is 176 Å². The Kier molecular flexibility index (Phi) is 4.70. The van der Waals surface area contributed by atoms with Gasteiger partial charge in [-0.25, -0.2) is 4.98 Å². The number of carbonyl (C=O) groups is 1. The van der Waals surface area contributed by atoms with E-state index in [2.05, 4.69) is 17.0 Å². The number of carbonyl (C=O) groups excluding carboxylic acids is 1. The fourth-order valence-electron chi connectivity index (χ4n) is 3.58. The van der Waals surface area contributed by atoms with Gasteiger partial charge in [-0.15, -0.1) is 11.3 Å². The number of aromatic nitrogens is 1. The van der Waals surface area contributed by atoms with Crippen LogP contribution >= 0.6 is 34.3 Å². The highest BCUT2D eigenvalue weighted by atomic mass is 35.5. The fourth-order valence-corrected chi connectivity index (χ4v) is 5.90. The average Bonchev–Trinajstić information content (AvgIpc) is 3.23. The van der Waals surface area contributed by atoms with Crippen molar-refractivity contribution in [1.82, 2.24) is 9.88 Å². The van der Waals surface area contributed by atoms with Crippen molar-refractivity contribution in [2.24, 2.45) is 0 Å². The van der Waals surface area contributed by atoms with Gasteiger partial charge in [0, 0.05) is 35.9 Å². The lowest BCUT2D eigenvalue weighted by Gasteiger charge is -2.21. The van der Waals surface area contributed by atoms with Crippen molar-refractivity contribution in [2.45, 2.75) is 6.42 Å². The molecule has 0 radical (unpaired) electrons. The molecule has 5 rings (SSSR count). The molecule has 0 unspecified atom stereocenters. The summed E-state index contributed by atoms with van der Waals surface area (Å²) in [6, 6.07) is 16.0. The molecule has 4 aromatic rings. The van der Waals surface area contributed by atoms with Crippen LogP contribution in [-0.4, -0.2) is 42.0 Å². The van der Waals surface area contributed by atoms with Gasteiger partial charge in [0.2, 0.25) is 0 Å². The van der Waals surface area contributed by atoms with Crippen LogP contribution in [0, 0.1) is 0 Å². The van der Waals surface area contributed by atoms with Gasteiger partial charge in [-0.1, -0.05) is 41.1 Å². The molecule has 142 valence electrons. The summed E-state index contributed by atoms with van der Waals surface area (Å²) in [7, 11) is 0. The number of halogens is 1. The molecule has 0 N–H and O–H groups in total. The lowest BCUT2D eigenvalue weighted by Crippen LogP contribution is -2.34. The summed E-state index contributed by atoms with van der Waals surface area (Å²) in [5.74, 6) is 0.138. The normalized spacial score (nSPS) is 15.3. The summed E-state index contributed by atoms with van der Waals surface area (Å²) in [5, 5.41) is 2.88. The number of thiazole rings is 1. The predicted molar refractivity (Wildman–Crippen MR) is 119 cm³/mol. The van der Waals surface area contributed by atoms with E-state index in [9.17, 15) is 4.79 Å². The molecule has 0 aliphatic carbocycles. The monoisotopic (exact) mass is 427 g/mol. The molecule has 0 atom stereocenters. The van der Waals surface area contributed by atoms with Crippen molar-refractivity contribution in [2.75, 3.05) is 31.1 Å². The molecule has 7 heteroatoms. The highest BCUT2D eigenvalue weighted by molar-refractivity contribution is 7.22. The Morgan fingerprint density at radius 3 is 2.75 bits per heavy atom. The lowest BCUT2D eigenvalue weighted by atomic mass is 10.2. The third-order valence-electron chi connectivity index (χ3n) is 5.03. The Balaban J connectivity index is 1.33. The van der Waals surface area contributed by atoms with Crippen LogP contribution in [0.25, 0.3) is 20.3 Å². The quantitative estimate of drug-likeness (QED) is 0.422. The number of nitrogens with zero attached hydrogens (tertiary/aromatic N) is 3. The van der Waals surface area contributed by atoms with Crippen LogP contribution in [0.3, 0.4) is 0 Å². The van der Waals surface area contributed by atoms with Crippen LogP contribution in [0.1, 0.15) is 16.1 Å². The van der Waals surface area contributed by atoms with Crippen molar-refractivity contribution in [3.63, 3.8) is 0 Å². The molecule has 1 fully saturated rings. The van der Waals surface area contributed by atoms with E-state index >= 15 is 0 Å². The van der Waals surface area contributed by atoms with Gasteiger partial charge in [0.15, 0.2) is 5.13 Å². The standard InChI is InChI=1S/C21H18ClN3OS2/c22-15-6-7-16-18(13-15)28-21(23-16)25-9-3-8-24(10-11-25)20(26)19-12-14-4-1-2-5-17(14)27-19/h1-2,4-7,12-13H,3,8-11H2. The summed E-state index contributed by atoms with van der Waals surface area (Å²) in [5.41, 5.74) is 0.979. The van der Waals surface area contributed by atoms with Gasteiger partial charge < -0.3 is 9.80 Å². The number of hydrogen-bond donors (Lipinski definition) is 0. The zero-order chi connectivity index (χ0) is 19.1. The van der Waals surface area contributed by atoms with Crippen LogP contribution in [0.5, 0.6) is 0 Å². The van der Waals surface area contributed by atoms with Crippen molar-refractivity contribution in [3.05, 3.63) is 58.4 Å². The molecule has 2 aromatic heterocycles. The van der Waals surface area contributed by atoms with Gasteiger partial charge in [-0.2, -0.15) is 0 Å². The number of anilines is 1. The van der Waals surface area contributed by atoms with E-state index in [1.807, 2.05) is 41.3 Å². The minimum atomic E-state index is 0.138. The molecule has 4 nitrogen and oxygen atoms in total. The molecule has 0 spiro atoms. The SMILES string of the molecule is O=C(c1cc2ccccc2s1)N1CCCN(c2nc3ccc(Cl)cc3s2)CC1. The first-order valence-electron chi connectivity index (χ1n) is 9.26. The van der Waals surface area contributed by atoms with Gasteiger partial charge in [0.05, 0.1) is 15.1 Å². The van der Waals surface area contributed by atoms with Crippen molar-refractivity contribution >= 4 is 65.6 Å². The molecule has 2 aromatic carbocycles. The third-order valence-corrected chi connectivity index (χ3v) is 7.45. The molecular weight excluding hydrogens is 410 g/mol. The molecule has 0 saturated carbocycles. The Morgan fingerprint density at radius 1 is 0.964 bits per heavy atom. The summed E-state index contributed by atoms with van der Waals surface area (Å²) in [6.07, 6.45) is 0.938. The number of hydrogen-bond acceptors (Lipinski definition) is 5. The van der Waals surface area contributed by atoms with Crippen LogP contribution < -0.4 is 4.90 Å². The third kappa shape index (κ3) is 3.36. The smallest absolute Gasteiger partial charge is 0.264 e. The van der Waals surface area contributed by atoms with Crippen LogP contribution in [0.15, 0.2) is 48.5 Å². The molecule has 1 saturated heterocycles. The Morgan fingerprint density at radius 2 is 1.86 bits per heavy atom. The molecule has 3 heterocycles. The maximum absolute atomic E-state index is 13.0. The van der Waals surface area contributed by atoms with Gasteiger partial charge in [0.1, 0.15) is 0 Å². The largest absolute Gasteiger partial charge is 0.346 e. The highest BCUT2D eigenvalue weighted by Gasteiger charge is 2.23. The minimum Gasteiger partial charge on any atom is -0.346 e. The lowest BCUT2D eigenvalue weighted by molar-refractivity contribution is 0.0772. The second-order valence-electron chi connectivity index (χ2n) is 6.89. The van der Waals surface area contributed by atoms with Gasteiger partial charge in [-0.05, 0) is 42.1 Å². The minimum absolute atomic E-state index is 0.138. The van der Waals surface area contributed by atoms with Crippen LogP contribution in [0.4, 0.5) is 5.13 Å². The summed E-state index contributed by atoms with van der Waals surface area (Å²) in [6.45, 7) is 3.19. The first-order valence-corrected chi connectivity index (χ1v) is 11.3. The van der Waals surface area contributed by atoms with E-state index in [0.29, 0.717) is 6.54 Å². The van der Waals surface area contributed by atoms with Gasteiger partial charge >= 0.3 is 0 Å². The number of rotatable bonds is 2. The summed E-state index contributed by atoms with van der Waals surface area (Å²) in [4.78, 5) is 22.9. The Bertz CT molecular complexity index is 1140. The second-order valence-corrected chi connectivity index (χ2v) is 9.42. The van der Waals surface area contributed by atoms with Crippen molar-refractivity contribution in [3.8, 4) is 0 Å². The molecule has 1 aliphatic rings. The van der Waals surface area contributed by atoms with Gasteiger partial charge in [-0.3, -0.25) is 4.79 Å². The molecular formula is C21H18ClN3OS2. The number of benzene rings is 2. The number of fused-ring (bicyclic) bond motifs is 2. The predicted octanol–water partition coefficient (Wildman–Crippen LogP) is 5.52. The molecule has 1 amide bonds. The van der Waals surface area contributed by atoms with E-state index in [1.54, 1.807) is 22.7 Å².